The van der Waals surface area contributed by atoms with Crippen molar-refractivity contribution in [2.45, 2.75) is 37.2 Å². The summed E-state index contributed by atoms with van der Waals surface area (Å²) in [6.07, 6.45) is 7.36. The standard InChI is InChI=1S/C22H25F2NO/c23-18-8-9-20(21(24)15-18)22(16-25)12-10-19(11-13-22)26-14-4-7-17-5-2-1-3-6-17/h1-9,15,19H,10-14,16,25H2. The summed E-state index contributed by atoms with van der Waals surface area (Å²) in [5, 5.41) is 0. The van der Waals surface area contributed by atoms with Crippen LogP contribution < -0.4 is 5.73 Å². The number of hydrogen-bond donors (Lipinski definition) is 1. The molecule has 4 heteroatoms. The molecule has 2 aromatic rings. The van der Waals surface area contributed by atoms with Gasteiger partial charge in [0.05, 0.1) is 12.7 Å². The molecule has 1 aliphatic rings. The molecule has 2 N–H and O–H groups in total. The molecule has 2 nitrogen and oxygen atoms in total. The Bertz CT molecular complexity index is 737. The monoisotopic (exact) mass is 357 g/mol. The highest BCUT2D eigenvalue weighted by Gasteiger charge is 2.37. The van der Waals surface area contributed by atoms with Crippen LogP contribution in [0.5, 0.6) is 0 Å². The van der Waals surface area contributed by atoms with Gasteiger partial charge in [-0.15, -0.1) is 0 Å². The molecular formula is C22H25F2NO. The SMILES string of the molecule is NCC1(c2ccc(F)cc2F)CCC(OCC=Cc2ccccc2)CC1. The fraction of sp³-hybridized carbons (Fsp3) is 0.364. The van der Waals surface area contributed by atoms with Gasteiger partial charge < -0.3 is 10.5 Å². The molecule has 1 saturated carbocycles. The van der Waals surface area contributed by atoms with Crippen LogP contribution in [-0.2, 0) is 10.2 Å². The first-order valence-electron chi connectivity index (χ1n) is 9.12. The highest BCUT2D eigenvalue weighted by atomic mass is 19.1. The van der Waals surface area contributed by atoms with Crippen molar-refractivity contribution >= 4 is 6.08 Å². The van der Waals surface area contributed by atoms with Gasteiger partial charge in [0.2, 0.25) is 0 Å². The molecule has 0 bridgehead atoms. The van der Waals surface area contributed by atoms with Gasteiger partial charge in [-0.2, -0.15) is 0 Å². The first-order chi connectivity index (χ1) is 12.6. The fourth-order valence-electron chi connectivity index (χ4n) is 3.75. The average molecular weight is 357 g/mol. The summed E-state index contributed by atoms with van der Waals surface area (Å²) < 4.78 is 33.4. The topological polar surface area (TPSA) is 35.2 Å². The van der Waals surface area contributed by atoms with Gasteiger partial charge in [-0.3, -0.25) is 0 Å². The molecule has 0 unspecified atom stereocenters. The van der Waals surface area contributed by atoms with Gasteiger partial charge in [-0.25, -0.2) is 8.78 Å². The van der Waals surface area contributed by atoms with Crippen molar-refractivity contribution in [2.24, 2.45) is 5.73 Å². The molecule has 3 rings (SSSR count). The van der Waals surface area contributed by atoms with E-state index >= 15 is 0 Å². The van der Waals surface area contributed by atoms with Crippen LogP contribution in [0.2, 0.25) is 0 Å². The number of ether oxygens (including phenoxy) is 1. The van der Waals surface area contributed by atoms with Gasteiger partial charge in [0, 0.05) is 18.0 Å². The molecule has 0 amide bonds. The first kappa shape index (κ1) is 18.7. The molecule has 138 valence electrons. The van der Waals surface area contributed by atoms with Crippen molar-refractivity contribution in [3.05, 3.63) is 77.4 Å². The minimum atomic E-state index is -0.555. The Hall–Kier alpha value is -2.04. The predicted molar refractivity (Wildman–Crippen MR) is 101 cm³/mol. The van der Waals surface area contributed by atoms with Crippen LogP contribution in [0.4, 0.5) is 8.78 Å². The van der Waals surface area contributed by atoms with Gasteiger partial charge in [0.25, 0.3) is 0 Å². The van der Waals surface area contributed by atoms with Gasteiger partial charge in [0.1, 0.15) is 11.6 Å². The van der Waals surface area contributed by atoms with Crippen molar-refractivity contribution in [3.8, 4) is 0 Å². The van der Waals surface area contributed by atoms with Crippen LogP contribution in [0.25, 0.3) is 6.08 Å². The van der Waals surface area contributed by atoms with E-state index in [4.69, 9.17) is 10.5 Å². The van der Waals surface area contributed by atoms with Crippen molar-refractivity contribution in [1.82, 2.24) is 0 Å². The Balaban J connectivity index is 1.55. The Morgan fingerprint density at radius 1 is 1.08 bits per heavy atom. The third-order valence-corrected chi connectivity index (χ3v) is 5.32. The third-order valence-electron chi connectivity index (χ3n) is 5.32. The Morgan fingerprint density at radius 3 is 2.46 bits per heavy atom. The fourth-order valence-corrected chi connectivity index (χ4v) is 3.75. The second kappa shape index (κ2) is 8.56. The number of nitrogens with two attached hydrogens (primary N) is 1. The zero-order valence-electron chi connectivity index (χ0n) is 14.8. The van der Waals surface area contributed by atoms with Gasteiger partial charge in [-0.1, -0.05) is 48.6 Å². The predicted octanol–water partition coefficient (Wildman–Crippen LogP) is 4.83. The lowest BCUT2D eigenvalue weighted by atomic mass is 9.68. The third kappa shape index (κ3) is 4.37. The summed E-state index contributed by atoms with van der Waals surface area (Å²) in [5.41, 5.74) is 7.26. The molecule has 0 atom stereocenters. The average Bonchev–Trinajstić information content (AvgIpc) is 2.67. The largest absolute Gasteiger partial charge is 0.374 e. The maximum Gasteiger partial charge on any atom is 0.129 e. The molecule has 1 fully saturated rings. The van der Waals surface area contributed by atoms with Crippen molar-refractivity contribution in [1.29, 1.82) is 0 Å². The van der Waals surface area contributed by atoms with Crippen LogP contribution in [0.15, 0.2) is 54.6 Å². The minimum absolute atomic E-state index is 0.151. The lowest BCUT2D eigenvalue weighted by Gasteiger charge is -2.40. The maximum absolute atomic E-state index is 14.2. The van der Waals surface area contributed by atoms with E-state index in [2.05, 4.69) is 0 Å². The first-order valence-corrected chi connectivity index (χ1v) is 9.12. The normalized spacial score (nSPS) is 23.4. The van der Waals surface area contributed by atoms with E-state index in [1.165, 1.54) is 6.07 Å². The molecule has 26 heavy (non-hydrogen) atoms. The number of rotatable bonds is 6. The number of halogens is 2. The second-order valence-corrected chi connectivity index (χ2v) is 6.95. The smallest absolute Gasteiger partial charge is 0.129 e. The Labute approximate surface area is 153 Å². The zero-order chi connectivity index (χ0) is 18.4. The summed E-state index contributed by atoms with van der Waals surface area (Å²) in [6, 6.07) is 13.9. The Morgan fingerprint density at radius 2 is 1.81 bits per heavy atom. The molecule has 1 aliphatic carbocycles. The molecular weight excluding hydrogens is 332 g/mol. The van der Waals surface area contributed by atoms with Crippen LogP contribution in [0.3, 0.4) is 0 Å². The summed E-state index contributed by atoms with van der Waals surface area (Å²) in [6.45, 7) is 0.913. The van der Waals surface area contributed by atoms with Crippen LogP contribution >= 0.6 is 0 Å². The van der Waals surface area contributed by atoms with Crippen molar-refractivity contribution in [2.75, 3.05) is 13.2 Å². The zero-order valence-corrected chi connectivity index (χ0v) is 14.8. The van der Waals surface area contributed by atoms with Crippen LogP contribution in [0.1, 0.15) is 36.8 Å². The molecule has 0 saturated heterocycles. The lowest BCUT2D eigenvalue weighted by molar-refractivity contribution is 0.0285. The number of benzene rings is 2. The molecule has 0 spiro atoms. The van der Waals surface area contributed by atoms with Crippen molar-refractivity contribution in [3.63, 3.8) is 0 Å². The lowest BCUT2D eigenvalue weighted by Crippen LogP contribution is -2.41. The summed E-state index contributed by atoms with van der Waals surface area (Å²) >= 11 is 0. The molecule has 0 heterocycles. The van der Waals surface area contributed by atoms with Gasteiger partial charge >= 0.3 is 0 Å². The molecule has 0 aliphatic heterocycles. The van der Waals surface area contributed by atoms with Gasteiger partial charge in [-0.05, 0) is 42.9 Å². The Kier molecular flexibility index (Phi) is 6.17. The van der Waals surface area contributed by atoms with Crippen LogP contribution in [-0.4, -0.2) is 19.3 Å². The second-order valence-electron chi connectivity index (χ2n) is 6.95. The van der Waals surface area contributed by atoms with E-state index in [0.29, 0.717) is 18.7 Å². The van der Waals surface area contributed by atoms with E-state index in [1.54, 1.807) is 6.07 Å². The number of hydrogen-bond acceptors (Lipinski definition) is 2. The van der Waals surface area contributed by atoms with E-state index < -0.39 is 17.0 Å². The van der Waals surface area contributed by atoms with E-state index in [-0.39, 0.29) is 6.10 Å². The molecule has 0 aromatic heterocycles. The highest BCUT2D eigenvalue weighted by Crippen LogP contribution is 2.40. The highest BCUT2D eigenvalue weighted by molar-refractivity contribution is 5.48. The molecule has 0 radical (unpaired) electrons. The molecule has 2 aromatic carbocycles. The summed E-state index contributed by atoms with van der Waals surface area (Å²) in [5.74, 6) is -1.05. The van der Waals surface area contributed by atoms with Crippen LogP contribution in [0, 0.1) is 11.6 Å². The van der Waals surface area contributed by atoms with Gasteiger partial charge in [0.15, 0.2) is 0 Å². The quantitative estimate of drug-likeness (QED) is 0.803. The van der Waals surface area contributed by atoms with E-state index in [1.807, 2.05) is 42.5 Å². The van der Waals surface area contributed by atoms with Crippen molar-refractivity contribution < 1.29 is 13.5 Å². The summed E-state index contributed by atoms with van der Waals surface area (Å²) in [7, 11) is 0. The minimum Gasteiger partial charge on any atom is -0.374 e. The maximum atomic E-state index is 14.2. The summed E-state index contributed by atoms with van der Waals surface area (Å²) in [4.78, 5) is 0. The van der Waals surface area contributed by atoms with E-state index in [9.17, 15) is 8.78 Å². The van der Waals surface area contributed by atoms with E-state index in [0.717, 1.165) is 37.3 Å².